The lowest BCUT2D eigenvalue weighted by Gasteiger charge is -2.11. The molecule has 0 aliphatic heterocycles. The molecule has 1 heterocycles. The maximum absolute atomic E-state index is 12.6. The van der Waals surface area contributed by atoms with Crippen LogP contribution >= 0.6 is 11.8 Å². The Morgan fingerprint density at radius 1 is 1.53 bits per heavy atom. The Hall–Kier alpha value is -1.31. The van der Waals surface area contributed by atoms with Crippen LogP contribution in [0.3, 0.4) is 0 Å². The summed E-state index contributed by atoms with van der Waals surface area (Å²) in [6.45, 7) is 0.974. The average Bonchev–Trinajstić information content (AvgIpc) is 2.84. The number of imidazole rings is 1. The van der Waals surface area contributed by atoms with E-state index < -0.39 is 6.55 Å². The minimum Gasteiger partial charge on any atom is -0.357 e. The Morgan fingerprint density at radius 2 is 2.32 bits per heavy atom. The molecule has 2 N–H and O–H groups in total. The van der Waals surface area contributed by atoms with Crippen LogP contribution in [-0.4, -0.2) is 40.6 Å². The Kier molecular flexibility index (Phi) is 7.24. The van der Waals surface area contributed by atoms with Crippen LogP contribution in [0.1, 0.15) is 19.3 Å². The summed E-state index contributed by atoms with van der Waals surface area (Å²) < 4.78 is 26.1. The second kappa shape index (κ2) is 8.73. The van der Waals surface area contributed by atoms with E-state index in [1.165, 1.54) is 12.4 Å². The van der Waals surface area contributed by atoms with Crippen molar-refractivity contribution in [1.82, 2.24) is 20.2 Å². The first-order valence-electron chi connectivity index (χ1n) is 6.00. The number of thioether (sulfide) groups is 1. The van der Waals surface area contributed by atoms with Crippen molar-refractivity contribution in [2.75, 3.05) is 25.1 Å². The molecular formula is C11H19F2N5S. The van der Waals surface area contributed by atoms with E-state index in [0.717, 1.165) is 16.9 Å². The van der Waals surface area contributed by atoms with Crippen molar-refractivity contribution in [3.05, 3.63) is 18.2 Å². The van der Waals surface area contributed by atoms with Crippen molar-refractivity contribution in [2.45, 2.75) is 20.0 Å². The van der Waals surface area contributed by atoms with Gasteiger partial charge in [0.25, 0.3) is 0 Å². The van der Waals surface area contributed by atoms with Crippen molar-refractivity contribution in [2.24, 2.45) is 4.99 Å². The molecule has 1 aromatic heterocycles. The Labute approximate surface area is 115 Å². The number of hydrogen-bond donors (Lipinski definition) is 2. The van der Waals surface area contributed by atoms with Crippen LogP contribution in [0.25, 0.3) is 0 Å². The molecule has 0 spiro atoms. The van der Waals surface area contributed by atoms with Crippen molar-refractivity contribution in [1.29, 1.82) is 0 Å². The molecule has 0 unspecified atom stereocenters. The molecule has 0 atom stereocenters. The van der Waals surface area contributed by atoms with Gasteiger partial charge in [0.2, 0.25) is 0 Å². The largest absolute Gasteiger partial charge is 0.357 e. The van der Waals surface area contributed by atoms with Crippen molar-refractivity contribution < 1.29 is 8.78 Å². The van der Waals surface area contributed by atoms with Crippen LogP contribution in [0.15, 0.2) is 17.4 Å². The fourth-order valence-electron chi connectivity index (χ4n) is 1.41. The van der Waals surface area contributed by atoms with Crippen LogP contribution in [0.2, 0.25) is 0 Å². The number of nitrogens with one attached hydrogen (secondary N) is 2. The monoisotopic (exact) mass is 291 g/mol. The van der Waals surface area contributed by atoms with E-state index in [0.29, 0.717) is 12.5 Å². The standard InChI is InChI=1S/C11H19F2N5S/c1-3-14-11(16-5-7-19-2)17-8-9-15-4-6-18(9)10(12)13/h4,6,10H,3,5,7-8H2,1-2H3,(H2,14,16,17). The fourth-order valence-corrected chi connectivity index (χ4v) is 1.71. The van der Waals surface area contributed by atoms with Gasteiger partial charge in [-0.1, -0.05) is 0 Å². The molecule has 0 radical (unpaired) electrons. The maximum Gasteiger partial charge on any atom is 0.319 e. The zero-order chi connectivity index (χ0) is 14.1. The van der Waals surface area contributed by atoms with Crippen LogP contribution in [-0.2, 0) is 6.54 Å². The Bertz CT molecular complexity index is 394. The van der Waals surface area contributed by atoms with Crippen molar-refractivity contribution >= 4 is 17.7 Å². The van der Waals surface area contributed by atoms with Gasteiger partial charge in [0.05, 0.1) is 0 Å². The van der Waals surface area contributed by atoms with Gasteiger partial charge >= 0.3 is 6.55 Å². The summed E-state index contributed by atoms with van der Waals surface area (Å²) in [5, 5.41) is 6.18. The van der Waals surface area contributed by atoms with Crippen LogP contribution in [0, 0.1) is 0 Å². The first-order chi connectivity index (χ1) is 9.19. The predicted octanol–water partition coefficient (Wildman–Crippen LogP) is 1.70. The molecule has 5 nitrogen and oxygen atoms in total. The van der Waals surface area contributed by atoms with E-state index in [1.54, 1.807) is 11.8 Å². The topological polar surface area (TPSA) is 54.2 Å². The van der Waals surface area contributed by atoms with Crippen LogP contribution in [0.4, 0.5) is 8.78 Å². The number of guanidine groups is 1. The first kappa shape index (κ1) is 15.7. The number of alkyl halides is 2. The Balaban J connectivity index is 2.60. The van der Waals surface area contributed by atoms with E-state index in [9.17, 15) is 8.78 Å². The number of rotatable bonds is 7. The van der Waals surface area contributed by atoms with E-state index in [-0.39, 0.29) is 12.4 Å². The van der Waals surface area contributed by atoms with Crippen LogP contribution in [0.5, 0.6) is 0 Å². The molecule has 0 aliphatic rings. The summed E-state index contributed by atoms with van der Waals surface area (Å²) in [4.78, 5) is 8.12. The van der Waals surface area contributed by atoms with Gasteiger partial charge in [-0.2, -0.15) is 20.5 Å². The predicted molar refractivity (Wildman–Crippen MR) is 74.7 cm³/mol. The molecule has 0 amide bonds. The molecule has 0 fully saturated rings. The quantitative estimate of drug-likeness (QED) is 0.456. The van der Waals surface area contributed by atoms with Gasteiger partial charge in [0.15, 0.2) is 5.96 Å². The molecule has 8 heteroatoms. The van der Waals surface area contributed by atoms with Gasteiger partial charge in [-0.3, -0.25) is 4.57 Å². The van der Waals surface area contributed by atoms with Crippen molar-refractivity contribution in [3.63, 3.8) is 0 Å². The summed E-state index contributed by atoms with van der Waals surface area (Å²) in [7, 11) is 0. The second-order valence-corrected chi connectivity index (χ2v) is 4.63. The zero-order valence-electron chi connectivity index (χ0n) is 11.1. The molecule has 19 heavy (non-hydrogen) atoms. The highest BCUT2D eigenvalue weighted by Gasteiger charge is 2.10. The third kappa shape index (κ3) is 5.46. The summed E-state index contributed by atoms with van der Waals surface area (Å²) in [5.74, 6) is 1.81. The van der Waals surface area contributed by atoms with E-state index in [2.05, 4.69) is 20.6 Å². The molecule has 0 bridgehead atoms. The lowest BCUT2D eigenvalue weighted by Crippen LogP contribution is -2.38. The molecular weight excluding hydrogens is 272 g/mol. The normalized spacial score (nSPS) is 11.9. The summed E-state index contributed by atoms with van der Waals surface area (Å²) in [5.41, 5.74) is 0. The number of aromatic nitrogens is 2. The lowest BCUT2D eigenvalue weighted by atomic mass is 10.6. The highest BCUT2D eigenvalue weighted by molar-refractivity contribution is 7.98. The molecule has 0 saturated carbocycles. The number of nitrogens with zero attached hydrogens (tertiary/aromatic N) is 3. The summed E-state index contributed by atoms with van der Waals surface area (Å²) in [6, 6.07) is 0. The van der Waals surface area contributed by atoms with Crippen molar-refractivity contribution in [3.8, 4) is 0 Å². The molecule has 0 aliphatic carbocycles. The first-order valence-corrected chi connectivity index (χ1v) is 7.39. The van der Waals surface area contributed by atoms with E-state index in [1.807, 2.05) is 13.2 Å². The van der Waals surface area contributed by atoms with Gasteiger partial charge in [-0.15, -0.1) is 0 Å². The maximum atomic E-state index is 12.6. The zero-order valence-corrected chi connectivity index (χ0v) is 11.9. The Morgan fingerprint density at radius 3 is 2.95 bits per heavy atom. The van der Waals surface area contributed by atoms with Crippen LogP contribution < -0.4 is 10.6 Å². The van der Waals surface area contributed by atoms with E-state index >= 15 is 0 Å². The average molecular weight is 291 g/mol. The molecule has 1 rings (SSSR count). The number of hydrogen-bond acceptors (Lipinski definition) is 3. The third-order valence-corrected chi connectivity index (χ3v) is 2.89. The van der Waals surface area contributed by atoms with Gasteiger partial charge in [0, 0.05) is 31.2 Å². The molecule has 1 aromatic rings. The highest BCUT2D eigenvalue weighted by atomic mass is 32.2. The van der Waals surface area contributed by atoms with E-state index in [4.69, 9.17) is 0 Å². The fraction of sp³-hybridized carbons (Fsp3) is 0.636. The second-order valence-electron chi connectivity index (χ2n) is 3.64. The molecule has 0 saturated heterocycles. The highest BCUT2D eigenvalue weighted by Crippen LogP contribution is 2.12. The minimum absolute atomic E-state index is 0.117. The summed E-state index contributed by atoms with van der Waals surface area (Å²) in [6.07, 6.45) is 4.62. The van der Waals surface area contributed by atoms with Gasteiger partial charge < -0.3 is 10.6 Å². The van der Waals surface area contributed by atoms with Gasteiger partial charge in [-0.25, -0.2) is 9.98 Å². The summed E-state index contributed by atoms with van der Waals surface area (Å²) >= 11 is 1.72. The SMILES string of the molecule is CCNC(=NCc1nccn1C(F)F)NCCSC. The van der Waals surface area contributed by atoms with Gasteiger partial charge in [0.1, 0.15) is 12.4 Å². The van der Waals surface area contributed by atoms with Gasteiger partial charge in [-0.05, 0) is 13.2 Å². The lowest BCUT2D eigenvalue weighted by molar-refractivity contribution is 0.0671. The third-order valence-electron chi connectivity index (χ3n) is 2.28. The number of halogens is 2. The molecule has 108 valence electrons. The molecule has 0 aromatic carbocycles. The smallest absolute Gasteiger partial charge is 0.319 e. The minimum atomic E-state index is -2.58. The number of aliphatic imine (C=N–C) groups is 1.